The van der Waals surface area contributed by atoms with Gasteiger partial charge in [0.2, 0.25) is 0 Å². The van der Waals surface area contributed by atoms with Gasteiger partial charge < -0.3 is 15.7 Å². The van der Waals surface area contributed by atoms with Gasteiger partial charge in [0.25, 0.3) is 5.91 Å². The van der Waals surface area contributed by atoms with Crippen LogP contribution in [0.25, 0.3) is 0 Å². The summed E-state index contributed by atoms with van der Waals surface area (Å²) in [6.45, 7) is 4.25. The Bertz CT molecular complexity index is 383. The molecule has 4 nitrogen and oxygen atoms in total. The number of phenolic OH excluding ortho intramolecular Hbond substituents is 1. The molecule has 0 fully saturated rings. The topological polar surface area (TPSA) is 61.4 Å². The number of hydrogen-bond acceptors (Lipinski definition) is 3. The Morgan fingerprint density at radius 2 is 2.18 bits per heavy atom. The van der Waals surface area contributed by atoms with Crippen LogP contribution in [-0.2, 0) is 0 Å². The van der Waals surface area contributed by atoms with Crippen molar-refractivity contribution in [3.8, 4) is 5.75 Å². The van der Waals surface area contributed by atoms with Crippen molar-refractivity contribution in [3.63, 3.8) is 0 Å². The van der Waals surface area contributed by atoms with E-state index in [1.165, 1.54) is 6.07 Å². The van der Waals surface area contributed by atoms with Crippen LogP contribution in [0.2, 0.25) is 0 Å². The smallest absolute Gasteiger partial charge is 0.255 e. The molecule has 0 saturated carbocycles. The molecule has 0 atom stereocenters. The summed E-state index contributed by atoms with van der Waals surface area (Å²) >= 11 is 0. The second kappa shape index (κ2) is 6.85. The van der Waals surface area contributed by atoms with Gasteiger partial charge in [0.05, 0.1) is 5.56 Å². The van der Waals surface area contributed by atoms with E-state index in [-0.39, 0.29) is 17.2 Å². The summed E-state index contributed by atoms with van der Waals surface area (Å²) in [5.74, 6) is -1.29. The summed E-state index contributed by atoms with van der Waals surface area (Å²) in [5, 5.41) is 15.2. The van der Waals surface area contributed by atoms with Gasteiger partial charge in [-0.3, -0.25) is 4.79 Å². The summed E-state index contributed by atoms with van der Waals surface area (Å²) in [4.78, 5) is 11.6. The van der Waals surface area contributed by atoms with Crippen LogP contribution in [-0.4, -0.2) is 30.6 Å². The summed E-state index contributed by atoms with van der Waals surface area (Å²) in [7, 11) is 0. The van der Waals surface area contributed by atoms with Gasteiger partial charge >= 0.3 is 0 Å². The standard InChI is InChI=1S/C12H17FN2O2/c1-2-14-6-3-7-15-12(17)10-5-4-9(13)8-11(10)16/h4-5,8,14,16H,2-3,6-7H2,1H3,(H,15,17). The molecule has 5 heteroatoms. The van der Waals surface area contributed by atoms with Crippen molar-refractivity contribution in [2.75, 3.05) is 19.6 Å². The number of phenols is 1. The van der Waals surface area contributed by atoms with Crippen molar-refractivity contribution < 1.29 is 14.3 Å². The summed E-state index contributed by atoms with van der Waals surface area (Å²) in [6.07, 6.45) is 0.807. The molecular formula is C12H17FN2O2. The monoisotopic (exact) mass is 240 g/mol. The predicted octanol–water partition coefficient (Wildman–Crippen LogP) is 1.26. The van der Waals surface area contributed by atoms with Gasteiger partial charge in [-0.2, -0.15) is 0 Å². The van der Waals surface area contributed by atoms with E-state index in [0.29, 0.717) is 6.54 Å². The lowest BCUT2D eigenvalue weighted by Crippen LogP contribution is -2.27. The number of rotatable bonds is 6. The molecule has 0 spiro atoms. The molecule has 0 saturated heterocycles. The first kappa shape index (κ1) is 13.4. The predicted molar refractivity (Wildman–Crippen MR) is 63.6 cm³/mol. The van der Waals surface area contributed by atoms with Crippen LogP contribution in [0.5, 0.6) is 5.75 Å². The fraction of sp³-hybridized carbons (Fsp3) is 0.417. The largest absolute Gasteiger partial charge is 0.507 e. The zero-order valence-electron chi connectivity index (χ0n) is 9.79. The number of carbonyl (C=O) groups excluding carboxylic acids is 1. The number of amides is 1. The SMILES string of the molecule is CCNCCCNC(=O)c1ccc(F)cc1O. The van der Waals surface area contributed by atoms with Crippen LogP contribution in [0, 0.1) is 5.82 Å². The highest BCUT2D eigenvalue weighted by Gasteiger charge is 2.10. The highest BCUT2D eigenvalue weighted by Crippen LogP contribution is 2.17. The molecule has 94 valence electrons. The van der Waals surface area contributed by atoms with Gasteiger partial charge in [0.15, 0.2) is 0 Å². The highest BCUT2D eigenvalue weighted by molar-refractivity contribution is 5.96. The Morgan fingerprint density at radius 3 is 2.82 bits per heavy atom. The second-order valence-corrected chi connectivity index (χ2v) is 3.62. The summed E-state index contributed by atoms with van der Waals surface area (Å²) in [6, 6.07) is 3.34. The average Bonchev–Trinajstić information content (AvgIpc) is 2.28. The lowest BCUT2D eigenvalue weighted by molar-refractivity contribution is 0.0950. The van der Waals surface area contributed by atoms with E-state index in [9.17, 15) is 14.3 Å². The molecule has 0 aromatic heterocycles. The molecule has 0 heterocycles. The molecule has 1 aromatic carbocycles. The Balaban J connectivity index is 2.42. The summed E-state index contributed by atoms with van der Waals surface area (Å²) in [5.41, 5.74) is 0.0925. The van der Waals surface area contributed by atoms with Crippen LogP contribution in [0.1, 0.15) is 23.7 Å². The Labute approximate surface area is 99.8 Å². The van der Waals surface area contributed by atoms with E-state index in [1.54, 1.807) is 0 Å². The molecule has 17 heavy (non-hydrogen) atoms. The third-order valence-electron chi connectivity index (χ3n) is 2.27. The van der Waals surface area contributed by atoms with Gasteiger partial charge in [-0.1, -0.05) is 6.92 Å². The zero-order valence-corrected chi connectivity index (χ0v) is 9.79. The van der Waals surface area contributed by atoms with Crippen LogP contribution < -0.4 is 10.6 Å². The molecule has 0 aliphatic heterocycles. The van der Waals surface area contributed by atoms with Crippen LogP contribution >= 0.6 is 0 Å². The maximum Gasteiger partial charge on any atom is 0.255 e. The number of benzene rings is 1. The molecule has 1 rings (SSSR count). The van der Waals surface area contributed by atoms with Crippen molar-refractivity contribution in [2.24, 2.45) is 0 Å². The lowest BCUT2D eigenvalue weighted by atomic mass is 10.2. The molecule has 0 aliphatic carbocycles. The molecule has 1 amide bonds. The average molecular weight is 240 g/mol. The fourth-order valence-corrected chi connectivity index (χ4v) is 1.38. The molecule has 3 N–H and O–H groups in total. The van der Waals surface area contributed by atoms with E-state index in [2.05, 4.69) is 10.6 Å². The second-order valence-electron chi connectivity index (χ2n) is 3.62. The number of nitrogens with one attached hydrogen (secondary N) is 2. The van der Waals surface area contributed by atoms with Crippen LogP contribution in [0.4, 0.5) is 4.39 Å². The molecular weight excluding hydrogens is 223 g/mol. The van der Waals surface area contributed by atoms with E-state index in [0.717, 1.165) is 31.6 Å². The lowest BCUT2D eigenvalue weighted by Gasteiger charge is -2.07. The van der Waals surface area contributed by atoms with Gasteiger partial charge in [0, 0.05) is 12.6 Å². The first-order valence-corrected chi connectivity index (χ1v) is 5.62. The maximum absolute atomic E-state index is 12.7. The van der Waals surface area contributed by atoms with E-state index < -0.39 is 5.82 Å². The molecule has 0 aliphatic rings. The zero-order chi connectivity index (χ0) is 12.7. The minimum absolute atomic E-state index is 0.0925. The van der Waals surface area contributed by atoms with E-state index in [4.69, 9.17) is 0 Å². The quantitative estimate of drug-likeness (QED) is 0.656. The minimum Gasteiger partial charge on any atom is -0.507 e. The van der Waals surface area contributed by atoms with Crippen molar-refractivity contribution in [3.05, 3.63) is 29.6 Å². The number of halogens is 1. The maximum atomic E-state index is 12.7. The van der Waals surface area contributed by atoms with Crippen molar-refractivity contribution in [1.82, 2.24) is 10.6 Å². The Kier molecular flexibility index (Phi) is 5.42. The Morgan fingerprint density at radius 1 is 1.41 bits per heavy atom. The highest BCUT2D eigenvalue weighted by atomic mass is 19.1. The molecule has 0 radical (unpaired) electrons. The third kappa shape index (κ3) is 4.40. The van der Waals surface area contributed by atoms with Gasteiger partial charge in [-0.15, -0.1) is 0 Å². The Hall–Kier alpha value is -1.62. The fourth-order valence-electron chi connectivity index (χ4n) is 1.38. The van der Waals surface area contributed by atoms with Crippen molar-refractivity contribution >= 4 is 5.91 Å². The molecule has 0 unspecified atom stereocenters. The van der Waals surface area contributed by atoms with Crippen LogP contribution in [0.15, 0.2) is 18.2 Å². The van der Waals surface area contributed by atoms with Gasteiger partial charge in [-0.25, -0.2) is 4.39 Å². The number of carbonyl (C=O) groups is 1. The third-order valence-corrected chi connectivity index (χ3v) is 2.27. The van der Waals surface area contributed by atoms with Gasteiger partial charge in [0.1, 0.15) is 11.6 Å². The van der Waals surface area contributed by atoms with Crippen LogP contribution in [0.3, 0.4) is 0 Å². The number of hydrogen-bond donors (Lipinski definition) is 3. The summed E-state index contributed by atoms with van der Waals surface area (Å²) < 4.78 is 12.7. The van der Waals surface area contributed by atoms with Gasteiger partial charge in [-0.05, 0) is 31.6 Å². The first-order valence-electron chi connectivity index (χ1n) is 5.62. The van der Waals surface area contributed by atoms with E-state index in [1.807, 2.05) is 6.92 Å². The first-order chi connectivity index (χ1) is 8.15. The minimum atomic E-state index is -0.564. The normalized spacial score (nSPS) is 10.2. The molecule has 0 bridgehead atoms. The van der Waals surface area contributed by atoms with Crippen molar-refractivity contribution in [2.45, 2.75) is 13.3 Å². The molecule has 1 aromatic rings. The number of aromatic hydroxyl groups is 1. The van der Waals surface area contributed by atoms with Crippen molar-refractivity contribution in [1.29, 1.82) is 0 Å². The van der Waals surface area contributed by atoms with E-state index >= 15 is 0 Å².